The Morgan fingerprint density at radius 3 is 2.53 bits per heavy atom. The lowest BCUT2D eigenvalue weighted by atomic mass is 9.80. The van der Waals surface area contributed by atoms with E-state index in [9.17, 15) is 8.42 Å². The average molecular weight is 601 g/mol. The number of hydrogen-bond acceptors (Lipinski definition) is 10. The Bertz CT molecular complexity index is 1790. The van der Waals surface area contributed by atoms with Gasteiger partial charge in [0.25, 0.3) is 10.0 Å². The molecule has 2 fully saturated rings. The first-order valence-electron chi connectivity index (χ1n) is 14.4. The number of nitrogens with one attached hydrogen (secondary N) is 1. The highest BCUT2D eigenvalue weighted by Crippen LogP contribution is 2.35. The molecule has 1 saturated heterocycles. The van der Waals surface area contributed by atoms with Gasteiger partial charge in [0.15, 0.2) is 5.82 Å². The molecule has 12 nitrogen and oxygen atoms in total. The molecule has 4 aromatic rings. The SMILES string of the molecule is CN(C)CC1(C)CCN(c2cc(Nc3ccnc(-c4cnn(S(=O)(=O)C5CC5)c4)n3)ncc2C#Cc2cnn(C)c2)CC1. The smallest absolute Gasteiger partial charge is 0.256 e. The molecule has 1 N–H and O–H groups in total. The van der Waals surface area contributed by atoms with E-state index in [1.807, 2.05) is 19.3 Å². The Morgan fingerprint density at radius 2 is 1.84 bits per heavy atom. The maximum atomic E-state index is 12.6. The molecule has 2 aliphatic rings. The Balaban J connectivity index is 1.26. The molecule has 13 heteroatoms. The molecule has 1 aliphatic heterocycles. The van der Waals surface area contributed by atoms with Crippen LogP contribution in [-0.2, 0) is 17.1 Å². The lowest BCUT2D eigenvalue weighted by Crippen LogP contribution is -2.43. The fourth-order valence-electron chi connectivity index (χ4n) is 5.48. The topological polar surface area (TPSA) is 127 Å². The number of rotatable bonds is 8. The third-order valence-electron chi connectivity index (χ3n) is 7.87. The van der Waals surface area contributed by atoms with Crippen LogP contribution in [0.2, 0.25) is 0 Å². The zero-order chi connectivity index (χ0) is 30.2. The Labute approximate surface area is 252 Å². The molecule has 43 heavy (non-hydrogen) atoms. The van der Waals surface area contributed by atoms with Crippen LogP contribution in [0, 0.1) is 17.3 Å². The molecule has 6 rings (SSSR count). The van der Waals surface area contributed by atoms with E-state index in [0.717, 1.165) is 53.4 Å². The van der Waals surface area contributed by atoms with Gasteiger partial charge in [-0.1, -0.05) is 18.8 Å². The highest BCUT2D eigenvalue weighted by molar-refractivity contribution is 7.90. The third kappa shape index (κ3) is 6.55. The standard InChI is InChI=1S/C30H36N10O2S/c1-30(21-37(2)3)10-13-39(14-11-30)26-15-28(32-17-23(26)6-5-22-16-33-38(4)19-22)35-27-9-12-31-29(36-27)24-18-34-40(20-24)43(41,42)25-7-8-25/h9,12,15-20,25H,7-8,10-11,13-14,21H2,1-4H3,(H,31,32,35,36). The summed E-state index contributed by atoms with van der Waals surface area (Å²) < 4.78 is 27.9. The van der Waals surface area contributed by atoms with Gasteiger partial charge < -0.3 is 15.1 Å². The minimum atomic E-state index is -3.46. The first-order valence-corrected chi connectivity index (χ1v) is 15.9. The summed E-state index contributed by atoms with van der Waals surface area (Å²) in [6, 6.07) is 3.77. The van der Waals surface area contributed by atoms with Gasteiger partial charge in [0.2, 0.25) is 0 Å². The number of piperidine rings is 1. The largest absolute Gasteiger partial charge is 0.370 e. The summed E-state index contributed by atoms with van der Waals surface area (Å²) in [6.07, 6.45) is 13.5. The Hall–Kier alpha value is -4.28. The molecule has 224 valence electrons. The molecule has 1 saturated carbocycles. The van der Waals surface area contributed by atoms with Gasteiger partial charge in [-0.2, -0.15) is 14.3 Å². The fourth-order valence-corrected chi connectivity index (χ4v) is 6.96. The summed E-state index contributed by atoms with van der Waals surface area (Å²) in [4.78, 5) is 18.3. The predicted octanol–water partition coefficient (Wildman–Crippen LogP) is 3.12. The van der Waals surface area contributed by atoms with Crippen molar-refractivity contribution >= 4 is 27.3 Å². The van der Waals surface area contributed by atoms with Gasteiger partial charge in [0.1, 0.15) is 11.6 Å². The van der Waals surface area contributed by atoms with E-state index in [4.69, 9.17) is 0 Å². The van der Waals surface area contributed by atoms with Crippen LogP contribution < -0.4 is 10.2 Å². The van der Waals surface area contributed by atoms with Gasteiger partial charge in [-0.25, -0.2) is 23.4 Å². The number of aromatic nitrogens is 7. The summed E-state index contributed by atoms with van der Waals surface area (Å²) in [5, 5.41) is 11.2. The van der Waals surface area contributed by atoms with Gasteiger partial charge in [-0.05, 0) is 51.3 Å². The van der Waals surface area contributed by atoms with Gasteiger partial charge in [0.05, 0.1) is 46.2 Å². The van der Waals surface area contributed by atoms with Crippen LogP contribution in [0.5, 0.6) is 0 Å². The molecule has 0 unspecified atom stereocenters. The second kappa shape index (κ2) is 11.4. The van der Waals surface area contributed by atoms with E-state index in [1.165, 1.54) is 12.4 Å². The summed E-state index contributed by atoms with van der Waals surface area (Å²) in [5.41, 5.74) is 3.49. The molecular formula is C30H36N10O2S. The average Bonchev–Trinajstić information content (AvgIpc) is 3.57. The van der Waals surface area contributed by atoms with Crippen LogP contribution in [0.4, 0.5) is 17.3 Å². The van der Waals surface area contributed by atoms with Crippen molar-refractivity contribution in [3.8, 4) is 23.2 Å². The van der Waals surface area contributed by atoms with Crippen molar-refractivity contribution < 1.29 is 8.42 Å². The molecule has 0 radical (unpaired) electrons. The number of pyridine rings is 1. The summed E-state index contributed by atoms with van der Waals surface area (Å²) >= 11 is 0. The predicted molar refractivity (Wildman–Crippen MR) is 165 cm³/mol. The van der Waals surface area contributed by atoms with Crippen molar-refractivity contribution in [2.75, 3.05) is 43.9 Å². The second-order valence-electron chi connectivity index (χ2n) is 12.0. The van der Waals surface area contributed by atoms with Crippen LogP contribution >= 0.6 is 0 Å². The lowest BCUT2D eigenvalue weighted by Gasteiger charge is -2.42. The zero-order valence-electron chi connectivity index (χ0n) is 24.9. The van der Waals surface area contributed by atoms with Gasteiger partial charge in [-0.15, -0.1) is 0 Å². The van der Waals surface area contributed by atoms with E-state index in [-0.39, 0.29) is 10.7 Å². The van der Waals surface area contributed by atoms with E-state index in [2.05, 4.69) is 73.1 Å². The minimum absolute atomic E-state index is 0.263. The molecule has 1 aliphatic carbocycles. The first-order chi connectivity index (χ1) is 20.6. The highest BCUT2D eigenvalue weighted by Gasteiger charge is 2.37. The number of nitrogens with zero attached hydrogens (tertiary/aromatic N) is 9. The highest BCUT2D eigenvalue weighted by atomic mass is 32.2. The van der Waals surface area contributed by atoms with Crippen LogP contribution in [0.25, 0.3) is 11.4 Å². The Morgan fingerprint density at radius 1 is 1.05 bits per heavy atom. The Kier molecular flexibility index (Phi) is 7.66. The second-order valence-corrected chi connectivity index (χ2v) is 14.1. The van der Waals surface area contributed by atoms with Crippen molar-refractivity contribution in [2.24, 2.45) is 12.5 Å². The van der Waals surface area contributed by atoms with Crippen LogP contribution in [0.15, 0.2) is 49.3 Å². The molecule has 0 spiro atoms. The molecule has 0 amide bonds. The summed E-state index contributed by atoms with van der Waals surface area (Å²) in [7, 11) is 2.67. The van der Waals surface area contributed by atoms with Crippen molar-refractivity contribution in [1.82, 2.24) is 38.8 Å². The maximum Gasteiger partial charge on any atom is 0.256 e. The zero-order valence-corrected chi connectivity index (χ0v) is 25.7. The third-order valence-corrected chi connectivity index (χ3v) is 9.91. The number of aryl methyl sites for hydroxylation is 1. The first kappa shape index (κ1) is 28.8. The maximum absolute atomic E-state index is 12.6. The number of hydrogen-bond donors (Lipinski definition) is 1. The molecule has 4 aromatic heterocycles. The molecular weight excluding hydrogens is 564 g/mol. The van der Waals surface area contributed by atoms with Gasteiger partial charge in [-0.3, -0.25) is 4.68 Å². The van der Waals surface area contributed by atoms with Gasteiger partial charge in [0, 0.05) is 51.3 Å². The van der Waals surface area contributed by atoms with Crippen molar-refractivity contribution in [3.05, 3.63) is 60.4 Å². The van der Waals surface area contributed by atoms with Crippen molar-refractivity contribution in [1.29, 1.82) is 0 Å². The van der Waals surface area contributed by atoms with E-state index >= 15 is 0 Å². The molecule has 5 heterocycles. The molecule has 0 atom stereocenters. The van der Waals surface area contributed by atoms with E-state index in [1.54, 1.807) is 29.3 Å². The normalized spacial score (nSPS) is 16.6. The van der Waals surface area contributed by atoms with Crippen molar-refractivity contribution in [3.63, 3.8) is 0 Å². The van der Waals surface area contributed by atoms with E-state index in [0.29, 0.717) is 35.9 Å². The molecule has 0 bridgehead atoms. The monoisotopic (exact) mass is 600 g/mol. The lowest BCUT2D eigenvalue weighted by molar-refractivity contribution is 0.175. The van der Waals surface area contributed by atoms with Crippen LogP contribution in [-0.4, -0.2) is 86.2 Å². The number of anilines is 3. The summed E-state index contributed by atoms with van der Waals surface area (Å²) in [6.45, 7) is 5.26. The van der Waals surface area contributed by atoms with Crippen LogP contribution in [0.1, 0.15) is 43.7 Å². The van der Waals surface area contributed by atoms with E-state index < -0.39 is 10.0 Å². The molecule has 0 aromatic carbocycles. The summed E-state index contributed by atoms with van der Waals surface area (Å²) in [5.74, 6) is 8.07. The quantitative estimate of drug-likeness (QED) is 0.302. The van der Waals surface area contributed by atoms with Crippen molar-refractivity contribution in [2.45, 2.75) is 37.9 Å². The van der Waals surface area contributed by atoms with Crippen LogP contribution in [0.3, 0.4) is 0 Å². The fraction of sp³-hybridized carbons (Fsp3) is 0.433. The van der Waals surface area contributed by atoms with Gasteiger partial charge >= 0.3 is 0 Å². The minimum Gasteiger partial charge on any atom is -0.370 e.